The van der Waals surface area contributed by atoms with Gasteiger partial charge in [-0.15, -0.1) is 0 Å². The van der Waals surface area contributed by atoms with Crippen LogP contribution < -0.4 is 5.32 Å². The molecule has 5 nitrogen and oxygen atoms in total. The zero-order valence-electron chi connectivity index (χ0n) is 13.6. The fourth-order valence-electron chi connectivity index (χ4n) is 2.49. The summed E-state index contributed by atoms with van der Waals surface area (Å²) in [5, 5.41) is 7.23. The number of carbonyl (C=O) groups is 1. The number of aromatic nitrogens is 2. The Morgan fingerprint density at radius 2 is 1.96 bits per heavy atom. The quantitative estimate of drug-likeness (QED) is 0.757. The second kappa shape index (κ2) is 6.45. The smallest absolute Gasteiger partial charge is 0.261 e. The van der Waals surface area contributed by atoms with E-state index in [-0.39, 0.29) is 5.91 Å². The van der Waals surface area contributed by atoms with Gasteiger partial charge in [0.05, 0.1) is 16.4 Å². The summed E-state index contributed by atoms with van der Waals surface area (Å²) in [6.07, 6.45) is 0. The van der Waals surface area contributed by atoms with Crippen LogP contribution in [0.2, 0.25) is 5.02 Å². The van der Waals surface area contributed by atoms with Gasteiger partial charge in [-0.05, 0) is 51.1 Å². The number of carbonyl (C=O) groups excluding carboxylic acids is 1. The maximum Gasteiger partial charge on any atom is 0.261 e. The molecule has 0 saturated carbocycles. The number of pyridine rings is 1. The van der Waals surface area contributed by atoms with E-state index in [2.05, 4.69) is 15.5 Å². The molecule has 24 heavy (non-hydrogen) atoms. The van der Waals surface area contributed by atoms with E-state index >= 15 is 0 Å². The Morgan fingerprint density at radius 3 is 2.62 bits per heavy atom. The molecular weight excluding hydrogens is 326 g/mol. The Labute approximate surface area is 144 Å². The Hall–Kier alpha value is -2.66. The summed E-state index contributed by atoms with van der Waals surface area (Å²) in [5.74, 6) is 0.219. The Bertz CT molecular complexity index is 899. The third-order valence-corrected chi connectivity index (χ3v) is 3.98. The highest BCUT2D eigenvalue weighted by atomic mass is 35.5. The van der Waals surface area contributed by atoms with Gasteiger partial charge in [-0.1, -0.05) is 22.8 Å². The van der Waals surface area contributed by atoms with Crippen LogP contribution in [0.15, 0.2) is 40.9 Å². The van der Waals surface area contributed by atoms with Gasteiger partial charge in [0.1, 0.15) is 11.3 Å². The highest BCUT2D eigenvalue weighted by Crippen LogP contribution is 2.30. The first-order valence-electron chi connectivity index (χ1n) is 7.43. The highest BCUT2D eigenvalue weighted by molar-refractivity contribution is 6.33. The minimum absolute atomic E-state index is 0.267. The maximum absolute atomic E-state index is 12.4. The van der Waals surface area contributed by atoms with Gasteiger partial charge in [0.2, 0.25) is 0 Å². The number of rotatable bonds is 3. The summed E-state index contributed by atoms with van der Waals surface area (Å²) in [7, 11) is 0. The lowest BCUT2D eigenvalue weighted by molar-refractivity contribution is 0.102. The fourth-order valence-corrected chi connectivity index (χ4v) is 2.71. The van der Waals surface area contributed by atoms with Gasteiger partial charge in [0.25, 0.3) is 5.91 Å². The third-order valence-electron chi connectivity index (χ3n) is 3.65. The zero-order chi connectivity index (χ0) is 17.3. The first-order valence-corrected chi connectivity index (χ1v) is 7.81. The van der Waals surface area contributed by atoms with Crippen molar-refractivity contribution in [1.29, 1.82) is 0 Å². The number of anilines is 1. The number of hydrogen-bond acceptors (Lipinski definition) is 4. The molecule has 0 fully saturated rings. The van der Waals surface area contributed by atoms with Crippen molar-refractivity contribution in [2.75, 3.05) is 5.32 Å². The molecular formula is C18H16ClN3O2. The van der Waals surface area contributed by atoms with Gasteiger partial charge in [-0.2, -0.15) is 0 Å². The lowest BCUT2D eigenvalue weighted by Crippen LogP contribution is -2.13. The number of nitrogens with one attached hydrogen (secondary N) is 1. The number of aryl methyl sites for hydroxylation is 3. The minimum Gasteiger partial charge on any atom is -0.361 e. The maximum atomic E-state index is 12.4. The number of nitrogens with zero attached hydrogens (tertiary/aromatic N) is 2. The lowest BCUT2D eigenvalue weighted by atomic mass is 10.1. The topological polar surface area (TPSA) is 68.0 Å². The predicted octanol–water partition coefficient (Wildman–Crippen LogP) is 4.57. The van der Waals surface area contributed by atoms with E-state index in [9.17, 15) is 4.79 Å². The number of amides is 1. The summed E-state index contributed by atoms with van der Waals surface area (Å²) in [6.45, 7) is 5.36. The molecule has 0 radical (unpaired) electrons. The lowest BCUT2D eigenvalue weighted by Gasteiger charge is -2.09. The van der Waals surface area contributed by atoms with Crippen molar-refractivity contribution in [2.45, 2.75) is 20.8 Å². The first-order chi connectivity index (χ1) is 11.5. The third kappa shape index (κ3) is 3.16. The van der Waals surface area contributed by atoms with Gasteiger partial charge in [-0.3, -0.25) is 9.78 Å². The molecule has 3 rings (SSSR count). The normalized spacial score (nSPS) is 10.7. The van der Waals surface area contributed by atoms with Crippen LogP contribution in [0.5, 0.6) is 0 Å². The van der Waals surface area contributed by atoms with Crippen molar-refractivity contribution < 1.29 is 9.32 Å². The molecule has 122 valence electrons. The van der Waals surface area contributed by atoms with E-state index in [4.69, 9.17) is 16.1 Å². The van der Waals surface area contributed by atoms with Crippen molar-refractivity contribution >= 4 is 23.2 Å². The number of halogens is 1. The number of benzene rings is 1. The predicted molar refractivity (Wildman–Crippen MR) is 93.4 cm³/mol. The molecule has 1 N–H and O–H groups in total. The van der Waals surface area contributed by atoms with E-state index in [1.807, 2.05) is 25.1 Å². The van der Waals surface area contributed by atoms with Gasteiger partial charge >= 0.3 is 0 Å². The van der Waals surface area contributed by atoms with Crippen LogP contribution in [0.3, 0.4) is 0 Å². The van der Waals surface area contributed by atoms with Crippen LogP contribution in [0.25, 0.3) is 11.3 Å². The van der Waals surface area contributed by atoms with Gasteiger partial charge in [0, 0.05) is 16.9 Å². The van der Waals surface area contributed by atoms with Crippen molar-refractivity contribution in [3.8, 4) is 11.3 Å². The molecule has 0 unspecified atom stereocenters. The second-order valence-corrected chi connectivity index (χ2v) is 5.92. The van der Waals surface area contributed by atoms with Crippen molar-refractivity contribution in [1.82, 2.24) is 10.1 Å². The van der Waals surface area contributed by atoms with Crippen LogP contribution in [0.1, 0.15) is 27.5 Å². The molecule has 0 aliphatic rings. The van der Waals surface area contributed by atoms with Gasteiger partial charge < -0.3 is 9.84 Å². The van der Waals surface area contributed by atoms with Gasteiger partial charge in [0.15, 0.2) is 0 Å². The molecule has 2 aromatic heterocycles. The first kappa shape index (κ1) is 16.2. The average molecular weight is 342 g/mol. The molecule has 0 bridgehead atoms. The van der Waals surface area contributed by atoms with Crippen LogP contribution in [-0.4, -0.2) is 16.0 Å². The monoisotopic (exact) mass is 341 g/mol. The molecule has 0 atom stereocenters. The van der Waals surface area contributed by atoms with E-state index in [1.54, 1.807) is 32.0 Å². The van der Waals surface area contributed by atoms with E-state index in [0.717, 1.165) is 17.0 Å². The highest BCUT2D eigenvalue weighted by Gasteiger charge is 2.18. The zero-order valence-corrected chi connectivity index (χ0v) is 14.3. The van der Waals surface area contributed by atoms with Crippen LogP contribution in [0, 0.1) is 20.8 Å². The molecule has 0 aliphatic heterocycles. The van der Waals surface area contributed by atoms with Crippen LogP contribution in [-0.2, 0) is 0 Å². The summed E-state index contributed by atoms with van der Waals surface area (Å²) in [6, 6.07) is 11.0. The van der Waals surface area contributed by atoms with Crippen molar-refractivity contribution in [3.63, 3.8) is 0 Å². The van der Waals surface area contributed by atoms with Crippen molar-refractivity contribution in [2.24, 2.45) is 0 Å². The average Bonchev–Trinajstić information content (AvgIpc) is 2.88. The second-order valence-electron chi connectivity index (χ2n) is 5.51. The molecule has 0 aliphatic carbocycles. The summed E-state index contributed by atoms with van der Waals surface area (Å²) in [5.41, 5.74) is 4.04. The van der Waals surface area contributed by atoms with E-state index in [0.29, 0.717) is 27.7 Å². The largest absolute Gasteiger partial charge is 0.361 e. The Kier molecular flexibility index (Phi) is 4.36. The molecule has 6 heteroatoms. The molecule has 3 aromatic rings. The van der Waals surface area contributed by atoms with Crippen LogP contribution >= 0.6 is 11.6 Å². The minimum atomic E-state index is -0.267. The summed E-state index contributed by atoms with van der Waals surface area (Å²) < 4.78 is 5.04. The molecule has 0 saturated heterocycles. The van der Waals surface area contributed by atoms with Crippen LogP contribution in [0.4, 0.5) is 5.69 Å². The molecule has 1 aromatic carbocycles. The van der Waals surface area contributed by atoms with E-state index < -0.39 is 0 Å². The molecule has 2 heterocycles. The standard InChI is InChI=1S/C18H16ClN3O2/c1-10-5-4-6-16(20-10)14-9-13(7-8-15(14)19)21-18(23)17-11(2)22-24-12(17)3/h4-9H,1-3H3,(H,21,23). The SMILES string of the molecule is Cc1cccc(-c2cc(NC(=O)c3c(C)noc3C)ccc2Cl)n1. The van der Waals surface area contributed by atoms with Crippen molar-refractivity contribution in [3.05, 3.63) is 64.1 Å². The summed E-state index contributed by atoms with van der Waals surface area (Å²) >= 11 is 6.29. The van der Waals surface area contributed by atoms with E-state index in [1.165, 1.54) is 0 Å². The number of hydrogen-bond donors (Lipinski definition) is 1. The van der Waals surface area contributed by atoms with Gasteiger partial charge in [-0.25, -0.2) is 0 Å². The Balaban J connectivity index is 1.93. The Morgan fingerprint density at radius 1 is 1.17 bits per heavy atom. The summed E-state index contributed by atoms with van der Waals surface area (Å²) in [4.78, 5) is 16.9. The fraction of sp³-hybridized carbons (Fsp3) is 0.167. The molecule has 1 amide bonds. The molecule has 0 spiro atoms.